The fourth-order valence-electron chi connectivity index (χ4n) is 0.862. The van der Waals surface area contributed by atoms with Crippen LogP contribution in [0.15, 0.2) is 28.7 Å². The summed E-state index contributed by atoms with van der Waals surface area (Å²) in [6.07, 6.45) is 0. The van der Waals surface area contributed by atoms with E-state index >= 15 is 0 Å². The van der Waals surface area contributed by atoms with Crippen LogP contribution in [0.5, 0.6) is 0 Å². The molecule has 68 valence electrons. The third-order valence-corrected chi connectivity index (χ3v) is 2.14. The molecule has 0 heterocycles. The number of hydrogen-bond donors (Lipinski definition) is 2. The van der Waals surface area contributed by atoms with Crippen molar-refractivity contribution in [1.29, 1.82) is 0 Å². The predicted molar refractivity (Wildman–Crippen MR) is 57.5 cm³/mol. The number of aliphatic hydroxyl groups is 1. The van der Waals surface area contributed by atoms with Crippen LogP contribution in [0.4, 0.5) is 5.69 Å². The number of para-hydroxylation sites is 1. The van der Waals surface area contributed by atoms with Crippen molar-refractivity contribution >= 4 is 21.6 Å². The van der Waals surface area contributed by atoms with Gasteiger partial charge in [0.2, 0.25) is 0 Å². The maximum atomic E-state index is 8.41. The van der Waals surface area contributed by atoms with Crippen LogP contribution < -0.4 is 5.32 Å². The highest BCUT2D eigenvalue weighted by atomic mass is 79.9. The fraction of sp³-hybridized carbons (Fsp3) is 0.200. The molecule has 1 aromatic rings. The number of halogens is 1. The van der Waals surface area contributed by atoms with Crippen molar-refractivity contribution < 1.29 is 5.11 Å². The topological polar surface area (TPSA) is 32.3 Å². The Hall–Kier alpha value is -0.980. The smallest absolute Gasteiger partial charge is 0.104 e. The van der Waals surface area contributed by atoms with E-state index in [9.17, 15) is 0 Å². The highest BCUT2D eigenvalue weighted by molar-refractivity contribution is 9.10. The summed E-state index contributed by atoms with van der Waals surface area (Å²) >= 11 is 3.41. The number of benzene rings is 1. The molecule has 0 aliphatic heterocycles. The van der Waals surface area contributed by atoms with Crippen molar-refractivity contribution in [3.05, 3.63) is 28.7 Å². The fourth-order valence-corrected chi connectivity index (χ4v) is 1.29. The van der Waals surface area contributed by atoms with Gasteiger partial charge in [0.15, 0.2) is 0 Å². The van der Waals surface area contributed by atoms with Gasteiger partial charge in [-0.2, -0.15) is 0 Å². The van der Waals surface area contributed by atoms with Crippen LogP contribution >= 0.6 is 15.9 Å². The zero-order chi connectivity index (χ0) is 9.52. The number of nitrogens with one attached hydrogen (secondary N) is 1. The molecule has 0 bridgehead atoms. The van der Waals surface area contributed by atoms with Crippen molar-refractivity contribution in [1.82, 2.24) is 0 Å². The molecule has 0 atom stereocenters. The van der Waals surface area contributed by atoms with Crippen LogP contribution in [0, 0.1) is 11.8 Å². The van der Waals surface area contributed by atoms with E-state index in [1.54, 1.807) is 0 Å². The monoisotopic (exact) mass is 239 g/mol. The van der Waals surface area contributed by atoms with Gasteiger partial charge < -0.3 is 10.4 Å². The first-order valence-corrected chi connectivity index (χ1v) is 4.69. The molecule has 0 amide bonds. The number of rotatable bonds is 2. The molecule has 2 N–H and O–H groups in total. The first kappa shape index (κ1) is 10.1. The molecule has 1 aromatic carbocycles. The van der Waals surface area contributed by atoms with Crippen LogP contribution in [0.2, 0.25) is 0 Å². The summed E-state index contributed by atoms with van der Waals surface area (Å²) in [6, 6.07) is 7.83. The minimum Gasteiger partial charge on any atom is -0.384 e. The maximum Gasteiger partial charge on any atom is 0.104 e. The second-order valence-electron chi connectivity index (χ2n) is 2.35. The SMILES string of the molecule is OCC#CCNc1ccccc1Br. The van der Waals surface area contributed by atoms with Crippen LogP contribution in [-0.2, 0) is 0 Å². The standard InChI is InChI=1S/C10H10BrNO/c11-9-5-1-2-6-10(9)12-7-3-4-8-13/h1-2,5-6,12-13H,7-8H2. The van der Waals surface area contributed by atoms with Gasteiger partial charge in [0, 0.05) is 10.2 Å². The third kappa shape index (κ3) is 3.49. The molecular weight excluding hydrogens is 230 g/mol. The summed E-state index contributed by atoms with van der Waals surface area (Å²) in [6.45, 7) is 0.459. The van der Waals surface area contributed by atoms with Crippen molar-refractivity contribution in [3.63, 3.8) is 0 Å². The van der Waals surface area contributed by atoms with Crippen molar-refractivity contribution in [2.45, 2.75) is 0 Å². The molecule has 0 unspecified atom stereocenters. The third-order valence-electron chi connectivity index (χ3n) is 1.45. The lowest BCUT2D eigenvalue weighted by atomic mass is 10.3. The Morgan fingerprint density at radius 3 is 2.77 bits per heavy atom. The normalized spacial score (nSPS) is 8.77. The highest BCUT2D eigenvalue weighted by Crippen LogP contribution is 2.20. The Morgan fingerprint density at radius 1 is 1.31 bits per heavy atom. The van der Waals surface area contributed by atoms with Crippen molar-refractivity contribution in [2.75, 3.05) is 18.5 Å². The minimum absolute atomic E-state index is 0.0857. The van der Waals surface area contributed by atoms with Crippen LogP contribution in [0.3, 0.4) is 0 Å². The first-order valence-electron chi connectivity index (χ1n) is 3.89. The van der Waals surface area contributed by atoms with Gasteiger partial charge >= 0.3 is 0 Å². The van der Waals surface area contributed by atoms with Crippen LogP contribution in [-0.4, -0.2) is 18.3 Å². The van der Waals surface area contributed by atoms with Crippen LogP contribution in [0.1, 0.15) is 0 Å². The Bertz CT molecular complexity index is 327. The van der Waals surface area contributed by atoms with Gasteiger partial charge in [0.1, 0.15) is 6.61 Å². The Kier molecular flexibility index (Phi) is 4.37. The molecule has 0 aliphatic rings. The molecule has 3 heteroatoms. The lowest BCUT2D eigenvalue weighted by molar-refractivity contribution is 0.350. The van der Waals surface area contributed by atoms with E-state index in [2.05, 4.69) is 33.1 Å². The molecule has 0 saturated carbocycles. The number of hydrogen-bond acceptors (Lipinski definition) is 2. The molecule has 0 fully saturated rings. The number of anilines is 1. The second kappa shape index (κ2) is 5.63. The van der Waals surface area contributed by atoms with Gasteiger partial charge in [-0.1, -0.05) is 24.0 Å². The number of aliphatic hydroxyl groups excluding tert-OH is 1. The Labute approximate surface area is 86.1 Å². The molecular formula is C10H10BrNO. The highest BCUT2D eigenvalue weighted by Gasteiger charge is 1.93. The summed E-state index contributed by atoms with van der Waals surface area (Å²) in [5, 5.41) is 11.5. The van der Waals surface area contributed by atoms with Gasteiger partial charge in [-0.25, -0.2) is 0 Å². The zero-order valence-corrected chi connectivity index (χ0v) is 8.63. The summed E-state index contributed by atoms with van der Waals surface area (Å²) in [5.74, 6) is 5.34. The molecule has 0 spiro atoms. The molecule has 0 aliphatic carbocycles. The van der Waals surface area contributed by atoms with Crippen molar-refractivity contribution in [3.8, 4) is 11.8 Å². The van der Waals surface area contributed by atoms with E-state index in [1.165, 1.54) is 0 Å². The molecule has 0 aromatic heterocycles. The van der Waals surface area contributed by atoms with E-state index in [1.807, 2.05) is 24.3 Å². The van der Waals surface area contributed by atoms with Gasteiger partial charge in [0.05, 0.1) is 6.54 Å². The summed E-state index contributed by atoms with van der Waals surface area (Å²) in [7, 11) is 0. The lowest BCUT2D eigenvalue weighted by Crippen LogP contribution is -1.99. The Morgan fingerprint density at radius 2 is 2.08 bits per heavy atom. The van der Waals surface area contributed by atoms with Gasteiger partial charge in [-0.05, 0) is 28.1 Å². The lowest BCUT2D eigenvalue weighted by Gasteiger charge is -2.03. The predicted octanol–water partition coefficient (Wildman–Crippen LogP) is 1.86. The second-order valence-corrected chi connectivity index (χ2v) is 3.20. The van der Waals surface area contributed by atoms with Gasteiger partial charge in [0.25, 0.3) is 0 Å². The quantitative estimate of drug-likeness (QED) is 0.773. The summed E-state index contributed by atoms with van der Waals surface area (Å²) in [4.78, 5) is 0. The van der Waals surface area contributed by atoms with E-state index < -0.39 is 0 Å². The summed E-state index contributed by atoms with van der Waals surface area (Å²) < 4.78 is 1.01. The Balaban J connectivity index is 2.50. The molecule has 2 nitrogen and oxygen atoms in total. The first-order chi connectivity index (χ1) is 6.34. The summed E-state index contributed by atoms with van der Waals surface area (Å²) in [5.41, 5.74) is 1.01. The van der Waals surface area contributed by atoms with E-state index in [-0.39, 0.29) is 6.61 Å². The average Bonchev–Trinajstić information content (AvgIpc) is 2.15. The molecule has 0 radical (unpaired) electrons. The largest absolute Gasteiger partial charge is 0.384 e. The van der Waals surface area contributed by atoms with Gasteiger partial charge in [-0.3, -0.25) is 0 Å². The van der Waals surface area contributed by atoms with E-state index in [0.717, 1.165) is 10.2 Å². The minimum atomic E-state index is -0.0857. The zero-order valence-electron chi connectivity index (χ0n) is 7.05. The maximum absolute atomic E-state index is 8.41. The van der Waals surface area contributed by atoms with E-state index in [4.69, 9.17) is 5.11 Å². The molecule has 1 rings (SSSR count). The van der Waals surface area contributed by atoms with Crippen molar-refractivity contribution in [2.24, 2.45) is 0 Å². The molecule has 13 heavy (non-hydrogen) atoms. The van der Waals surface area contributed by atoms with Gasteiger partial charge in [-0.15, -0.1) is 0 Å². The average molecular weight is 240 g/mol. The van der Waals surface area contributed by atoms with E-state index in [0.29, 0.717) is 6.54 Å². The van der Waals surface area contributed by atoms with Crippen LogP contribution in [0.25, 0.3) is 0 Å². The molecule has 0 saturated heterocycles.